The van der Waals surface area contributed by atoms with Crippen LogP contribution in [0.25, 0.3) is 0 Å². The average molecular weight is 310 g/mol. The average Bonchev–Trinajstić information content (AvgIpc) is 2.73. The van der Waals surface area contributed by atoms with Gasteiger partial charge in [0, 0.05) is 6.42 Å². The zero-order valence-corrected chi connectivity index (χ0v) is 12.4. The first-order valence-electron chi connectivity index (χ1n) is 6.51. The second-order valence-corrected chi connectivity index (χ2v) is 4.83. The molecule has 0 amide bonds. The minimum atomic E-state index is -0.708. The number of terminal acetylenes is 1. The largest absolute Gasteiger partial charge is 0.489 e. The Bertz CT molecular complexity index is 568. The molecule has 1 aliphatic rings. The van der Waals surface area contributed by atoms with Gasteiger partial charge in [0.15, 0.2) is 11.5 Å². The number of nitrogens with one attached hydrogen (secondary N) is 1. The van der Waals surface area contributed by atoms with Crippen LogP contribution in [0.4, 0.5) is 0 Å². The van der Waals surface area contributed by atoms with Crippen molar-refractivity contribution in [3.8, 4) is 23.8 Å². The molecule has 112 valence electrons. The fourth-order valence-electron chi connectivity index (χ4n) is 2.03. The Morgan fingerprint density at radius 3 is 3.00 bits per heavy atom. The van der Waals surface area contributed by atoms with E-state index in [2.05, 4.69) is 11.2 Å². The lowest BCUT2D eigenvalue weighted by molar-refractivity contribution is -0.143. The van der Waals surface area contributed by atoms with Crippen LogP contribution in [-0.2, 0) is 9.53 Å². The van der Waals surface area contributed by atoms with Crippen LogP contribution >= 0.6 is 11.6 Å². The number of ether oxygens (including phenoxy) is 3. The third-order valence-electron chi connectivity index (χ3n) is 3.00. The summed E-state index contributed by atoms with van der Waals surface area (Å²) in [5, 5.41) is 3.31. The van der Waals surface area contributed by atoms with E-state index in [1.165, 1.54) is 7.11 Å². The summed E-state index contributed by atoms with van der Waals surface area (Å²) in [6.07, 6.45) is 6.00. The Hall–Kier alpha value is -1.90. The number of carbonyl (C=O) groups is 1. The summed E-state index contributed by atoms with van der Waals surface area (Å²) in [5.41, 5.74) is 0.617. The Kier molecular flexibility index (Phi) is 5.32. The maximum absolute atomic E-state index is 11.9. The molecule has 0 aromatic heterocycles. The summed E-state index contributed by atoms with van der Waals surface area (Å²) in [6.45, 7) is 1.31. The lowest BCUT2D eigenvalue weighted by Gasteiger charge is -2.18. The van der Waals surface area contributed by atoms with Gasteiger partial charge in [-0.2, -0.15) is 0 Å². The molecule has 0 saturated carbocycles. The summed E-state index contributed by atoms with van der Waals surface area (Å²) >= 11 is 6.22. The second kappa shape index (κ2) is 7.21. The Balaban J connectivity index is 2.37. The number of esters is 1. The van der Waals surface area contributed by atoms with E-state index >= 15 is 0 Å². The van der Waals surface area contributed by atoms with Gasteiger partial charge in [0.2, 0.25) is 0 Å². The molecule has 5 nitrogen and oxygen atoms in total. The van der Waals surface area contributed by atoms with Crippen molar-refractivity contribution in [1.29, 1.82) is 0 Å². The third-order valence-corrected chi connectivity index (χ3v) is 3.28. The smallest absolute Gasteiger partial charge is 0.327 e. The van der Waals surface area contributed by atoms with Gasteiger partial charge in [-0.05, 0) is 17.7 Å². The molecule has 6 heteroatoms. The van der Waals surface area contributed by atoms with E-state index < -0.39 is 12.0 Å². The number of carbonyl (C=O) groups excluding carboxylic acids is 1. The molecule has 0 aliphatic carbocycles. The van der Waals surface area contributed by atoms with Gasteiger partial charge in [0.05, 0.1) is 31.9 Å². The number of fused-ring (bicyclic) bond motifs is 1. The molecule has 1 atom stereocenters. The van der Waals surface area contributed by atoms with Gasteiger partial charge in [0.25, 0.3) is 0 Å². The monoisotopic (exact) mass is 309 g/mol. The summed E-state index contributed by atoms with van der Waals surface area (Å²) in [5.74, 6) is 3.00. The van der Waals surface area contributed by atoms with Crippen LogP contribution in [-0.4, -0.2) is 32.8 Å². The normalized spacial score (nSPS) is 14.7. The van der Waals surface area contributed by atoms with E-state index in [1.54, 1.807) is 12.1 Å². The minimum absolute atomic E-state index is 0.228. The van der Waals surface area contributed by atoms with Gasteiger partial charge in [-0.15, -0.1) is 6.42 Å². The molecule has 1 aliphatic heterocycles. The van der Waals surface area contributed by atoms with Crippen molar-refractivity contribution >= 4 is 17.6 Å². The SMILES string of the molecule is C#CCNC(C(=O)OC)c1cc(Cl)c2c(c1)OCCCO2. The summed E-state index contributed by atoms with van der Waals surface area (Å²) in [6, 6.07) is 2.67. The predicted molar refractivity (Wildman–Crippen MR) is 78.7 cm³/mol. The highest BCUT2D eigenvalue weighted by atomic mass is 35.5. The van der Waals surface area contributed by atoms with Gasteiger partial charge in [-0.25, -0.2) is 4.79 Å². The number of rotatable bonds is 4. The summed E-state index contributed by atoms with van der Waals surface area (Å²) in [4.78, 5) is 11.9. The van der Waals surface area contributed by atoms with Gasteiger partial charge < -0.3 is 14.2 Å². The van der Waals surface area contributed by atoms with E-state index in [9.17, 15) is 4.79 Å². The molecule has 1 heterocycles. The molecule has 0 radical (unpaired) electrons. The number of hydrogen-bond acceptors (Lipinski definition) is 5. The summed E-state index contributed by atoms with van der Waals surface area (Å²) in [7, 11) is 1.32. The van der Waals surface area contributed by atoms with Crippen molar-refractivity contribution < 1.29 is 19.0 Å². The first-order chi connectivity index (χ1) is 10.2. The molecular formula is C15H16ClNO4. The lowest BCUT2D eigenvalue weighted by atomic mass is 10.1. The fourth-order valence-corrected chi connectivity index (χ4v) is 2.31. The molecular weight excluding hydrogens is 294 g/mol. The van der Waals surface area contributed by atoms with Crippen LogP contribution in [0.1, 0.15) is 18.0 Å². The number of methoxy groups -OCH3 is 1. The van der Waals surface area contributed by atoms with E-state index in [1.807, 2.05) is 0 Å². The minimum Gasteiger partial charge on any atom is -0.489 e. The van der Waals surface area contributed by atoms with Gasteiger partial charge in [-0.3, -0.25) is 5.32 Å². The topological polar surface area (TPSA) is 56.8 Å². The Labute approximate surface area is 128 Å². The third kappa shape index (κ3) is 3.60. The molecule has 0 spiro atoms. The first-order valence-corrected chi connectivity index (χ1v) is 6.89. The quantitative estimate of drug-likeness (QED) is 0.680. The maximum atomic E-state index is 11.9. The van der Waals surface area contributed by atoms with E-state index in [0.717, 1.165) is 6.42 Å². The van der Waals surface area contributed by atoms with E-state index in [0.29, 0.717) is 35.3 Å². The maximum Gasteiger partial charge on any atom is 0.327 e. The van der Waals surface area contributed by atoms with Crippen molar-refractivity contribution in [2.75, 3.05) is 26.9 Å². The molecule has 21 heavy (non-hydrogen) atoms. The first kappa shape index (κ1) is 15.5. The molecule has 1 unspecified atom stereocenters. The van der Waals surface area contributed by atoms with Crippen LogP contribution in [0.2, 0.25) is 5.02 Å². The number of halogens is 1. The van der Waals surface area contributed by atoms with Gasteiger partial charge in [-0.1, -0.05) is 17.5 Å². The Morgan fingerprint density at radius 1 is 1.52 bits per heavy atom. The van der Waals surface area contributed by atoms with Crippen LogP contribution in [0, 0.1) is 12.3 Å². The molecule has 1 N–H and O–H groups in total. The highest BCUT2D eigenvalue weighted by Crippen LogP contribution is 2.39. The Morgan fingerprint density at radius 2 is 2.29 bits per heavy atom. The van der Waals surface area contributed by atoms with Crippen molar-refractivity contribution in [1.82, 2.24) is 5.32 Å². The van der Waals surface area contributed by atoms with Crippen molar-refractivity contribution in [3.05, 3.63) is 22.7 Å². The van der Waals surface area contributed by atoms with Crippen LogP contribution in [0.3, 0.4) is 0 Å². The second-order valence-electron chi connectivity index (χ2n) is 4.42. The standard InChI is InChI=1S/C15H16ClNO4/c1-3-5-17-13(15(18)19-2)10-8-11(16)14-12(9-10)20-6-4-7-21-14/h1,8-9,13,17H,4-7H2,2H3. The van der Waals surface area contributed by atoms with Gasteiger partial charge >= 0.3 is 5.97 Å². The molecule has 2 rings (SSSR count). The molecule has 1 aromatic carbocycles. The number of benzene rings is 1. The zero-order valence-electron chi connectivity index (χ0n) is 11.6. The highest BCUT2D eigenvalue weighted by molar-refractivity contribution is 6.32. The van der Waals surface area contributed by atoms with E-state index in [4.69, 9.17) is 32.2 Å². The van der Waals surface area contributed by atoms with Crippen LogP contribution < -0.4 is 14.8 Å². The lowest BCUT2D eigenvalue weighted by Crippen LogP contribution is -2.30. The van der Waals surface area contributed by atoms with Crippen LogP contribution in [0.15, 0.2) is 12.1 Å². The van der Waals surface area contributed by atoms with E-state index in [-0.39, 0.29) is 6.54 Å². The van der Waals surface area contributed by atoms with Crippen LogP contribution in [0.5, 0.6) is 11.5 Å². The highest BCUT2D eigenvalue weighted by Gasteiger charge is 2.24. The molecule has 0 saturated heterocycles. The van der Waals surface area contributed by atoms with Crippen molar-refractivity contribution in [3.63, 3.8) is 0 Å². The summed E-state index contributed by atoms with van der Waals surface area (Å²) < 4.78 is 16.0. The zero-order chi connectivity index (χ0) is 15.2. The predicted octanol–water partition coefficient (Wildman–Crippen LogP) is 1.94. The fraction of sp³-hybridized carbons (Fsp3) is 0.400. The molecule has 0 fully saturated rings. The molecule has 1 aromatic rings. The molecule has 0 bridgehead atoms. The number of hydrogen-bond donors (Lipinski definition) is 1. The van der Waals surface area contributed by atoms with Crippen molar-refractivity contribution in [2.24, 2.45) is 0 Å². The van der Waals surface area contributed by atoms with Gasteiger partial charge in [0.1, 0.15) is 6.04 Å². The van der Waals surface area contributed by atoms with Crippen molar-refractivity contribution in [2.45, 2.75) is 12.5 Å².